The molecule has 0 saturated carbocycles. The van der Waals surface area contributed by atoms with Crippen molar-refractivity contribution < 1.29 is 18.0 Å². The number of aryl methyl sites for hydroxylation is 1. The fraction of sp³-hybridized carbons (Fsp3) is 0.250. The van der Waals surface area contributed by atoms with Crippen molar-refractivity contribution in [1.29, 1.82) is 0 Å². The number of fused-ring (bicyclic) bond motifs is 1. The molecule has 0 bridgehead atoms. The Kier molecular flexibility index (Phi) is 4.85. The first-order valence-electron chi connectivity index (χ1n) is 8.87. The first-order chi connectivity index (χ1) is 13.8. The van der Waals surface area contributed by atoms with Crippen LogP contribution in [-0.4, -0.2) is 20.7 Å². The summed E-state index contributed by atoms with van der Waals surface area (Å²) >= 11 is 1.51. The van der Waals surface area contributed by atoms with E-state index in [1.807, 2.05) is 30.7 Å². The van der Waals surface area contributed by atoms with Crippen LogP contribution in [0.15, 0.2) is 53.9 Å². The molecule has 3 aromatic rings. The van der Waals surface area contributed by atoms with E-state index in [2.05, 4.69) is 10.2 Å². The minimum absolute atomic E-state index is 0.0173. The van der Waals surface area contributed by atoms with Crippen LogP contribution in [0.4, 0.5) is 18.9 Å². The van der Waals surface area contributed by atoms with Gasteiger partial charge in [-0.15, -0.1) is 10.2 Å². The molecular weight excluding hydrogens is 401 g/mol. The zero-order chi connectivity index (χ0) is 20.8. The monoisotopic (exact) mass is 418 g/mol. The van der Waals surface area contributed by atoms with Gasteiger partial charge in [-0.25, -0.2) is 0 Å². The van der Waals surface area contributed by atoms with Crippen LogP contribution < -0.4 is 4.90 Å². The van der Waals surface area contributed by atoms with Crippen LogP contribution in [0, 0.1) is 0 Å². The molecule has 0 fully saturated rings. The van der Waals surface area contributed by atoms with Crippen molar-refractivity contribution in [3.05, 3.63) is 71.0 Å². The molecule has 0 radical (unpaired) electrons. The highest BCUT2D eigenvalue weighted by Gasteiger charge is 2.39. The molecule has 0 saturated heterocycles. The lowest BCUT2D eigenvalue weighted by Gasteiger charge is -2.19. The van der Waals surface area contributed by atoms with E-state index in [0.29, 0.717) is 5.69 Å². The maximum Gasteiger partial charge on any atom is 0.416 e. The Bertz CT molecular complexity index is 1080. The Morgan fingerprint density at radius 1 is 1.17 bits per heavy atom. The molecule has 1 aromatic heterocycles. The van der Waals surface area contributed by atoms with Gasteiger partial charge < -0.3 is 9.47 Å². The average Bonchev–Trinajstić information content (AvgIpc) is 3.24. The molecule has 0 spiro atoms. The predicted molar refractivity (Wildman–Crippen MR) is 104 cm³/mol. The minimum atomic E-state index is -4.50. The topological polar surface area (TPSA) is 51.0 Å². The maximum absolute atomic E-state index is 13.3. The molecule has 0 aliphatic carbocycles. The summed E-state index contributed by atoms with van der Waals surface area (Å²) in [5, 5.41) is 8.68. The van der Waals surface area contributed by atoms with Crippen LogP contribution in [-0.2, 0) is 19.8 Å². The average molecular weight is 418 g/mol. The summed E-state index contributed by atoms with van der Waals surface area (Å²) in [5.74, 6) is -0.420. The number of hydrogen-bond donors (Lipinski definition) is 0. The number of amides is 1. The Morgan fingerprint density at radius 2 is 1.93 bits per heavy atom. The van der Waals surface area contributed by atoms with Gasteiger partial charge in [0.2, 0.25) is 0 Å². The van der Waals surface area contributed by atoms with E-state index in [1.165, 1.54) is 28.8 Å². The summed E-state index contributed by atoms with van der Waals surface area (Å²) in [6.45, 7) is 1.90. The standard InChI is InChI=1S/C20H17F3N4OS/c1-12(29-19-25-24-11-26(19)2)13-5-3-6-14(9-13)27-10-16-15(18(27)28)7-4-8-17(16)20(21,22)23/h3-9,11-12H,10H2,1-2H3. The molecule has 5 nitrogen and oxygen atoms in total. The number of anilines is 1. The number of carbonyl (C=O) groups is 1. The molecule has 4 rings (SSSR count). The lowest BCUT2D eigenvalue weighted by molar-refractivity contribution is -0.138. The van der Waals surface area contributed by atoms with Crippen LogP contribution in [0.25, 0.3) is 0 Å². The first-order valence-corrected chi connectivity index (χ1v) is 9.75. The van der Waals surface area contributed by atoms with Crippen LogP contribution in [0.5, 0.6) is 0 Å². The van der Waals surface area contributed by atoms with E-state index in [9.17, 15) is 18.0 Å². The van der Waals surface area contributed by atoms with Crippen LogP contribution in [0.2, 0.25) is 0 Å². The first kappa shape index (κ1) is 19.5. The second kappa shape index (κ2) is 7.22. The Balaban J connectivity index is 1.62. The number of nitrogens with zero attached hydrogens (tertiary/aromatic N) is 4. The van der Waals surface area contributed by atoms with Crippen molar-refractivity contribution in [2.24, 2.45) is 7.05 Å². The van der Waals surface area contributed by atoms with Gasteiger partial charge >= 0.3 is 6.18 Å². The van der Waals surface area contributed by atoms with Crippen LogP contribution in [0.1, 0.15) is 39.2 Å². The number of aromatic nitrogens is 3. The summed E-state index contributed by atoms with van der Waals surface area (Å²) in [7, 11) is 1.85. The van der Waals surface area contributed by atoms with Crippen molar-refractivity contribution in [1.82, 2.24) is 14.8 Å². The number of benzene rings is 2. The van der Waals surface area contributed by atoms with Crippen molar-refractivity contribution in [3.63, 3.8) is 0 Å². The second-order valence-electron chi connectivity index (χ2n) is 6.80. The van der Waals surface area contributed by atoms with Crippen LogP contribution in [0.3, 0.4) is 0 Å². The lowest BCUT2D eigenvalue weighted by Crippen LogP contribution is -2.23. The highest BCUT2D eigenvalue weighted by Crippen LogP contribution is 2.40. The largest absolute Gasteiger partial charge is 0.416 e. The molecular formula is C20H17F3N4OS. The number of halogens is 3. The van der Waals surface area contributed by atoms with E-state index in [1.54, 1.807) is 18.5 Å². The van der Waals surface area contributed by atoms with Gasteiger partial charge in [-0.1, -0.05) is 30.0 Å². The summed E-state index contributed by atoms with van der Waals surface area (Å²) in [6, 6.07) is 11.0. The van der Waals surface area contributed by atoms with Gasteiger partial charge in [0, 0.05) is 23.5 Å². The van der Waals surface area contributed by atoms with E-state index < -0.39 is 17.6 Å². The van der Waals surface area contributed by atoms with E-state index in [-0.39, 0.29) is 22.9 Å². The summed E-state index contributed by atoms with van der Waals surface area (Å²) in [6.07, 6.45) is -2.88. The number of carbonyl (C=O) groups excluding carboxylic acids is 1. The van der Waals surface area contributed by atoms with Crippen LogP contribution >= 0.6 is 11.8 Å². The molecule has 2 heterocycles. The van der Waals surface area contributed by atoms with E-state index >= 15 is 0 Å². The van der Waals surface area contributed by atoms with Gasteiger partial charge in [0.15, 0.2) is 5.16 Å². The quantitative estimate of drug-likeness (QED) is 0.569. The Hall–Kier alpha value is -2.81. The maximum atomic E-state index is 13.3. The molecule has 150 valence electrons. The molecule has 0 N–H and O–H groups in total. The van der Waals surface area contributed by atoms with Crippen molar-refractivity contribution in [2.45, 2.75) is 30.1 Å². The van der Waals surface area contributed by atoms with Crippen molar-refractivity contribution in [2.75, 3.05) is 4.90 Å². The number of rotatable bonds is 4. The van der Waals surface area contributed by atoms with Crippen molar-refractivity contribution >= 4 is 23.4 Å². The van der Waals surface area contributed by atoms with Crippen molar-refractivity contribution in [3.8, 4) is 0 Å². The zero-order valence-electron chi connectivity index (χ0n) is 15.6. The SMILES string of the molecule is CC(Sc1nncn1C)c1cccc(N2Cc3c(cccc3C(F)(F)F)C2=O)c1. The number of thioether (sulfide) groups is 1. The fourth-order valence-corrected chi connectivity index (χ4v) is 4.26. The molecule has 1 aliphatic rings. The normalized spacial score (nSPS) is 14.9. The third-order valence-electron chi connectivity index (χ3n) is 4.88. The fourth-order valence-electron chi connectivity index (χ4n) is 3.36. The zero-order valence-corrected chi connectivity index (χ0v) is 16.5. The van der Waals surface area contributed by atoms with Gasteiger partial charge in [0.1, 0.15) is 6.33 Å². The van der Waals surface area contributed by atoms with E-state index in [0.717, 1.165) is 16.8 Å². The molecule has 2 aromatic carbocycles. The molecule has 29 heavy (non-hydrogen) atoms. The van der Waals surface area contributed by atoms with Gasteiger partial charge in [-0.3, -0.25) is 4.79 Å². The Morgan fingerprint density at radius 3 is 2.62 bits per heavy atom. The highest BCUT2D eigenvalue weighted by molar-refractivity contribution is 7.99. The lowest BCUT2D eigenvalue weighted by atomic mass is 10.0. The van der Waals surface area contributed by atoms with E-state index in [4.69, 9.17) is 0 Å². The molecule has 1 unspecified atom stereocenters. The third kappa shape index (κ3) is 3.62. The van der Waals surface area contributed by atoms with Gasteiger partial charge in [-0.2, -0.15) is 13.2 Å². The van der Waals surface area contributed by atoms with Gasteiger partial charge in [0.25, 0.3) is 5.91 Å². The molecule has 1 atom stereocenters. The molecule has 1 amide bonds. The molecule has 9 heteroatoms. The van der Waals surface area contributed by atoms with Gasteiger partial charge in [-0.05, 0) is 42.3 Å². The number of hydrogen-bond acceptors (Lipinski definition) is 4. The summed E-state index contributed by atoms with van der Waals surface area (Å²) in [5.41, 5.74) is 0.884. The minimum Gasteiger partial charge on any atom is -0.312 e. The second-order valence-corrected chi connectivity index (χ2v) is 8.11. The van der Waals surface area contributed by atoms with Gasteiger partial charge in [0.05, 0.1) is 12.1 Å². The smallest absolute Gasteiger partial charge is 0.312 e. The predicted octanol–water partition coefficient (Wildman–Crippen LogP) is 4.85. The number of alkyl halides is 3. The summed E-state index contributed by atoms with van der Waals surface area (Å²) in [4.78, 5) is 14.2. The highest BCUT2D eigenvalue weighted by atomic mass is 32.2. The molecule has 1 aliphatic heterocycles. The Labute approximate surface area is 169 Å². The summed E-state index contributed by atoms with van der Waals surface area (Å²) < 4.78 is 41.8. The third-order valence-corrected chi connectivity index (χ3v) is 6.08.